The second-order valence-corrected chi connectivity index (χ2v) is 5.60. The van der Waals surface area contributed by atoms with Crippen molar-refractivity contribution in [2.75, 3.05) is 11.4 Å². The first-order valence-corrected chi connectivity index (χ1v) is 7.24. The van der Waals surface area contributed by atoms with Crippen molar-refractivity contribution < 1.29 is 4.79 Å². The van der Waals surface area contributed by atoms with E-state index in [1.807, 2.05) is 35.2 Å². The molecule has 1 aliphatic rings. The molecule has 0 aliphatic carbocycles. The molecule has 5 nitrogen and oxygen atoms in total. The number of benzene rings is 1. The second kappa shape index (κ2) is 5.29. The summed E-state index contributed by atoms with van der Waals surface area (Å²) >= 11 is 5.14. The third-order valence-electron chi connectivity index (χ3n) is 3.84. The van der Waals surface area contributed by atoms with E-state index in [-0.39, 0.29) is 11.9 Å². The summed E-state index contributed by atoms with van der Waals surface area (Å²) in [6.07, 6.45) is 1.68. The molecule has 6 heteroatoms. The fraction of sp³-hybridized carbons (Fsp3) is 0.267. The third-order valence-corrected chi connectivity index (χ3v) is 4.06. The van der Waals surface area contributed by atoms with Gasteiger partial charge < -0.3 is 16.4 Å². The maximum absolute atomic E-state index is 11.6. The van der Waals surface area contributed by atoms with Crippen LogP contribution in [0.2, 0.25) is 0 Å². The zero-order valence-electron chi connectivity index (χ0n) is 11.5. The van der Waals surface area contributed by atoms with E-state index in [0.717, 1.165) is 35.9 Å². The van der Waals surface area contributed by atoms with Gasteiger partial charge in [0.25, 0.3) is 0 Å². The van der Waals surface area contributed by atoms with Gasteiger partial charge in [0.15, 0.2) is 0 Å². The molecule has 108 valence electrons. The van der Waals surface area contributed by atoms with Gasteiger partial charge in [0.1, 0.15) is 16.8 Å². The van der Waals surface area contributed by atoms with E-state index in [4.69, 9.17) is 23.7 Å². The normalized spacial score (nSPS) is 18.1. The van der Waals surface area contributed by atoms with Crippen LogP contribution in [-0.4, -0.2) is 28.5 Å². The summed E-state index contributed by atoms with van der Waals surface area (Å²) in [7, 11) is 0. The van der Waals surface area contributed by atoms with Crippen molar-refractivity contribution in [1.29, 1.82) is 0 Å². The van der Waals surface area contributed by atoms with Gasteiger partial charge in [-0.15, -0.1) is 0 Å². The number of hydrogen-bond donors (Lipinski definition) is 2. The van der Waals surface area contributed by atoms with Crippen LogP contribution >= 0.6 is 12.2 Å². The van der Waals surface area contributed by atoms with Crippen LogP contribution in [0.4, 0.5) is 5.82 Å². The predicted octanol–water partition coefficient (Wildman–Crippen LogP) is 1.32. The number of nitrogens with zero attached hydrogens (tertiary/aromatic N) is 2. The summed E-state index contributed by atoms with van der Waals surface area (Å²) < 4.78 is 0. The lowest BCUT2D eigenvalue weighted by Crippen LogP contribution is -2.40. The molecule has 1 unspecified atom stereocenters. The lowest BCUT2D eigenvalue weighted by molar-refractivity contribution is -0.119. The highest BCUT2D eigenvalue weighted by atomic mass is 32.1. The van der Waals surface area contributed by atoms with Crippen LogP contribution in [0.5, 0.6) is 0 Å². The molecule has 0 bridgehead atoms. The standard InChI is InChI=1S/C15H16N4OS/c16-14(20)12-6-3-7-19(12)13-8-10(15(17)21)9-4-1-2-5-11(9)18-13/h1-2,4-5,8,12H,3,6-7H2,(H2,16,20)(H2,17,21). The van der Waals surface area contributed by atoms with Gasteiger partial charge in [0, 0.05) is 17.5 Å². The number of aromatic nitrogens is 1. The summed E-state index contributed by atoms with van der Waals surface area (Å²) in [6.45, 7) is 0.760. The van der Waals surface area contributed by atoms with Gasteiger partial charge in [-0.3, -0.25) is 4.79 Å². The van der Waals surface area contributed by atoms with Gasteiger partial charge in [-0.05, 0) is 25.0 Å². The molecule has 21 heavy (non-hydrogen) atoms. The van der Waals surface area contributed by atoms with Crippen LogP contribution in [0.15, 0.2) is 30.3 Å². The highest BCUT2D eigenvalue weighted by Gasteiger charge is 2.30. The van der Waals surface area contributed by atoms with Gasteiger partial charge in [-0.25, -0.2) is 4.98 Å². The first kappa shape index (κ1) is 13.8. The number of primary amides is 1. The number of para-hydroxylation sites is 1. The lowest BCUT2D eigenvalue weighted by atomic mass is 10.1. The average Bonchev–Trinajstić information content (AvgIpc) is 2.95. The zero-order valence-corrected chi connectivity index (χ0v) is 12.3. The largest absolute Gasteiger partial charge is 0.389 e. The van der Waals surface area contributed by atoms with Crippen LogP contribution < -0.4 is 16.4 Å². The molecule has 0 saturated carbocycles. The Morgan fingerprint density at radius 3 is 2.81 bits per heavy atom. The van der Waals surface area contributed by atoms with Gasteiger partial charge in [0.05, 0.1) is 5.52 Å². The number of thiocarbonyl (C=S) groups is 1. The van der Waals surface area contributed by atoms with E-state index in [2.05, 4.69) is 4.98 Å². The molecule has 2 aromatic rings. The van der Waals surface area contributed by atoms with Crippen molar-refractivity contribution in [3.8, 4) is 0 Å². The average molecular weight is 300 g/mol. The van der Waals surface area contributed by atoms with Crippen LogP contribution in [0.1, 0.15) is 18.4 Å². The first-order valence-electron chi connectivity index (χ1n) is 6.83. The molecule has 0 spiro atoms. The number of rotatable bonds is 3. The zero-order chi connectivity index (χ0) is 15.0. The van der Waals surface area contributed by atoms with Crippen LogP contribution in [-0.2, 0) is 4.79 Å². The smallest absolute Gasteiger partial charge is 0.240 e. The Labute approximate surface area is 127 Å². The number of carbonyl (C=O) groups excluding carboxylic acids is 1. The minimum absolute atomic E-state index is 0.308. The van der Waals surface area contributed by atoms with Gasteiger partial charge in [0.2, 0.25) is 5.91 Å². The van der Waals surface area contributed by atoms with Crippen LogP contribution in [0.3, 0.4) is 0 Å². The minimum atomic E-state index is -0.320. The Bertz CT molecular complexity index is 731. The number of carbonyl (C=O) groups is 1. The van der Waals surface area contributed by atoms with Crippen molar-refractivity contribution >= 4 is 39.8 Å². The van der Waals surface area contributed by atoms with E-state index in [9.17, 15) is 4.79 Å². The monoisotopic (exact) mass is 300 g/mol. The molecule has 0 radical (unpaired) electrons. The van der Waals surface area contributed by atoms with E-state index >= 15 is 0 Å². The van der Waals surface area contributed by atoms with E-state index in [1.165, 1.54) is 0 Å². The molecule has 3 rings (SSSR count). The number of anilines is 1. The molecule has 1 amide bonds. The quantitative estimate of drug-likeness (QED) is 0.835. The van der Waals surface area contributed by atoms with Gasteiger partial charge >= 0.3 is 0 Å². The molecule has 2 heterocycles. The van der Waals surface area contributed by atoms with E-state index in [1.54, 1.807) is 0 Å². The van der Waals surface area contributed by atoms with Crippen molar-refractivity contribution in [2.24, 2.45) is 11.5 Å². The summed E-state index contributed by atoms with van der Waals surface area (Å²) in [6, 6.07) is 9.24. The molecule has 1 atom stereocenters. The van der Waals surface area contributed by atoms with Crippen molar-refractivity contribution in [3.63, 3.8) is 0 Å². The summed E-state index contributed by atoms with van der Waals surface area (Å²) in [5, 5.41) is 0.920. The summed E-state index contributed by atoms with van der Waals surface area (Å²) in [5.74, 6) is 0.386. The Kier molecular flexibility index (Phi) is 3.47. The van der Waals surface area contributed by atoms with E-state index in [0.29, 0.717) is 10.8 Å². The van der Waals surface area contributed by atoms with Crippen molar-refractivity contribution in [2.45, 2.75) is 18.9 Å². The molecule has 1 aliphatic heterocycles. The van der Waals surface area contributed by atoms with Crippen LogP contribution in [0, 0.1) is 0 Å². The summed E-state index contributed by atoms with van der Waals surface area (Å²) in [5.41, 5.74) is 12.9. The number of nitrogens with two attached hydrogens (primary N) is 2. The SMILES string of the molecule is NC(=O)C1CCCN1c1cc(C(N)=S)c2ccccc2n1. The maximum Gasteiger partial charge on any atom is 0.240 e. The number of amides is 1. The minimum Gasteiger partial charge on any atom is -0.389 e. The molecule has 4 N–H and O–H groups in total. The van der Waals surface area contributed by atoms with E-state index < -0.39 is 0 Å². The molecule has 1 aromatic heterocycles. The number of fused-ring (bicyclic) bond motifs is 1. The third kappa shape index (κ3) is 2.42. The highest BCUT2D eigenvalue weighted by Crippen LogP contribution is 2.28. The van der Waals surface area contributed by atoms with Gasteiger partial charge in [-0.1, -0.05) is 30.4 Å². The van der Waals surface area contributed by atoms with Crippen LogP contribution in [0.25, 0.3) is 10.9 Å². The molecular weight excluding hydrogens is 284 g/mol. The van der Waals surface area contributed by atoms with Gasteiger partial charge in [-0.2, -0.15) is 0 Å². The van der Waals surface area contributed by atoms with Crippen molar-refractivity contribution in [1.82, 2.24) is 4.98 Å². The number of hydrogen-bond acceptors (Lipinski definition) is 4. The fourth-order valence-corrected chi connectivity index (χ4v) is 3.02. The first-order chi connectivity index (χ1) is 10.1. The summed E-state index contributed by atoms with van der Waals surface area (Å²) in [4.78, 5) is 18.5. The fourth-order valence-electron chi connectivity index (χ4n) is 2.85. The Morgan fingerprint density at radius 2 is 2.10 bits per heavy atom. The lowest BCUT2D eigenvalue weighted by Gasteiger charge is -2.24. The molecule has 1 fully saturated rings. The highest BCUT2D eigenvalue weighted by molar-refractivity contribution is 7.80. The Morgan fingerprint density at radius 1 is 1.33 bits per heavy atom. The molecular formula is C15H16N4OS. The topological polar surface area (TPSA) is 85.2 Å². The Hall–Kier alpha value is -2.21. The predicted molar refractivity (Wildman–Crippen MR) is 87.2 cm³/mol. The Balaban J connectivity index is 2.15. The number of pyridine rings is 1. The van der Waals surface area contributed by atoms with Crippen molar-refractivity contribution in [3.05, 3.63) is 35.9 Å². The molecule has 1 aromatic carbocycles. The second-order valence-electron chi connectivity index (χ2n) is 5.16. The molecule has 1 saturated heterocycles. The maximum atomic E-state index is 11.6.